The summed E-state index contributed by atoms with van der Waals surface area (Å²) in [6, 6.07) is 10.0. The highest BCUT2D eigenvalue weighted by atomic mass is 16.3. The van der Waals surface area contributed by atoms with Crippen LogP contribution in [0.2, 0.25) is 0 Å². The molecule has 3 nitrogen and oxygen atoms in total. The first-order valence-electron chi connectivity index (χ1n) is 6.06. The topological polar surface area (TPSA) is 43.7 Å². The van der Waals surface area contributed by atoms with Crippen molar-refractivity contribution >= 4 is 6.08 Å². The molecule has 0 amide bonds. The monoisotopic (exact) mass is 233 g/mol. The van der Waals surface area contributed by atoms with Gasteiger partial charge in [-0.05, 0) is 12.0 Å². The van der Waals surface area contributed by atoms with Gasteiger partial charge in [0.05, 0.1) is 18.8 Å². The van der Waals surface area contributed by atoms with Gasteiger partial charge in [-0.15, -0.1) is 0 Å². The molecule has 0 radical (unpaired) electrons. The maximum absolute atomic E-state index is 9.65. The fraction of sp³-hybridized carbons (Fsp3) is 0.429. The van der Waals surface area contributed by atoms with Gasteiger partial charge in [-0.2, -0.15) is 0 Å². The van der Waals surface area contributed by atoms with Gasteiger partial charge in [-0.1, -0.05) is 42.5 Å². The van der Waals surface area contributed by atoms with E-state index in [2.05, 4.69) is 29.2 Å². The molecule has 0 aliphatic carbocycles. The lowest BCUT2D eigenvalue weighted by atomic mass is 10.2. The lowest BCUT2D eigenvalue weighted by molar-refractivity contribution is 0.0765. The average Bonchev–Trinajstić information content (AvgIpc) is 2.71. The fourth-order valence-electron chi connectivity index (χ4n) is 2.25. The summed E-state index contributed by atoms with van der Waals surface area (Å²) in [5, 5.41) is 18.8. The van der Waals surface area contributed by atoms with E-state index in [1.54, 1.807) is 0 Å². The zero-order chi connectivity index (χ0) is 12.1. The Morgan fingerprint density at radius 2 is 2.06 bits per heavy atom. The van der Waals surface area contributed by atoms with Crippen molar-refractivity contribution < 1.29 is 10.2 Å². The molecule has 3 heteroatoms. The Bertz CT molecular complexity index is 364. The minimum Gasteiger partial charge on any atom is -0.395 e. The number of hydrogen-bond donors (Lipinski definition) is 2. The third-order valence-corrected chi connectivity index (χ3v) is 3.26. The number of likely N-dealkylation sites (tertiary alicyclic amines) is 1. The van der Waals surface area contributed by atoms with Crippen molar-refractivity contribution in [3.63, 3.8) is 0 Å². The standard InChI is InChI=1S/C14H19NO2/c16-11-13-14(17)8-10-15(13)9-4-7-12-5-2-1-3-6-12/h1-7,13-14,16-17H,8-11H2/b7-4+/t13-,14+/m0/s1. The zero-order valence-corrected chi connectivity index (χ0v) is 9.87. The number of aliphatic hydroxyl groups is 2. The third kappa shape index (κ3) is 3.16. The van der Waals surface area contributed by atoms with E-state index in [4.69, 9.17) is 0 Å². The van der Waals surface area contributed by atoms with Gasteiger partial charge in [0.1, 0.15) is 0 Å². The van der Waals surface area contributed by atoms with Gasteiger partial charge in [0.2, 0.25) is 0 Å². The summed E-state index contributed by atoms with van der Waals surface area (Å²) >= 11 is 0. The molecule has 2 atom stereocenters. The summed E-state index contributed by atoms with van der Waals surface area (Å²) < 4.78 is 0. The second-order valence-electron chi connectivity index (χ2n) is 4.41. The van der Waals surface area contributed by atoms with E-state index >= 15 is 0 Å². The molecule has 0 bridgehead atoms. The zero-order valence-electron chi connectivity index (χ0n) is 9.87. The minimum absolute atomic E-state index is 0.0281. The van der Waals surface area contributed by atoms with Gasteiger partial charge in [-0.3, -0.25) is 4.90 Å². The summed E-state index contributed by atoms with van der Waals surface area (Å²) in [6.07, 6.45) is 4.52. The molecule has 92 valence electrons. The van der Waals surface area contributed by atoms with Gasteiger partial charge in [0, 0.05) is 13.1 Å². The molecule has 1 heterocycles. The SMILES string of the molecule is OC[C@H]1[C@H](O)CCN1C/C=C/c1ccccc1. The molecule has 1 fully saturated rings. The Morgan fingerprint density at radius 3 is 2.76 bits per heavy atom. The summed E-state index contributed by atoms with van der Waals surface area (Å²) in [5.41, 5.74) is 1.17. The molecule has 2 N–H and O–H groups in total. The number of aliphatic hydroxyl groups excluding tert-OH is 2. The maximum Gasteiger partial charge on any atom is 0.0730 e. The highest BCUT2D eigenvalue weighted by Crippen LogP contribution is 2.17. The fourth-order valence-corrected chi connectivity index (χ4v) is 2.25. The Kier molecular flexibility index (Phi) is 4.31. The van der Waals surface area contributed by atoms with E-state index in [9.17, 15) is 10.2 Å². The molecule has 17 heavy (non-hydrogen) atoms. The van der Waals surface area contributed by atoms with Crippen LogP contribution < -0.4 is 0 Å². The smallest absolute Gasteiger partial charge is 0.0730 e. The van der Waals surface area contributed by atoms with E-state index < -0.39 is 0 Å². The van der Waals surface area contributed by atoms with Crippen LogP contribution in [0.25, 0.3) is 6.08 Å². The Morgan fingerprint density at radius 1 is 1.29 bits per heavy atom. The molecule has 0 saturated carbocycles. The first-order chi connectivity index (χ1) is 8.31. The van der Waals surface area contributed by atoms with Crippen molar-refractivity contribution in [3.8, 4) is 0 Å². The molecule has 0 unspecified atom stereocenters. The van der Waals surface area contributed by atoms with Gasteiger partial charge >= 0.3 is 0 Å². The Balaban J connectivity index is 1.88. The summed E-state index contributed by atoms with van der Waals surface area (Å²) in [4.78, 5) is 2.12. The molecule has 1 aromatic rings. The van der Waals surface area contributed by atoms with Crippen LogP contribution in [0.5, 0.6) is 0 Å². The van der Waals surface area contributed by atoms with E-state index in [1.165, 1.54) is 5.56 Å². The van der Waals surface area contributed by atoms with Crippen LogP contribution >= 0.6 is 0 Å². The van der Waals surface area contributed by atoms with E-state index in [0.717, 1.165) is 19.5 Å². The first kappa shape index (κ1) is 12.3. The lowest BCUT2D eigenvalue weighted by Crippen LogP contribution is -2.38. The molecule has 1 saturated heterocycles. The summed E-state index contributed by atoms with van der Waals surface area (Å²) in [7, 11) is 0. The second kappa shape index (κ2) is 5.96. The van der Waals surface area contributed by atoms with Gasteiger partial charge < -0.3 is 10.2 Å². The van der Waals surface area contributed by atoms with Crippen molar-refractivity contribution in [1.82, 2.24) is 4.90 Å². The lowest BCUT2D eigenvalue weighted by Gasteiger charge is -2.22. The van der Waals surface area contributed by atoms with E-state index in [1.807, 2.05) is 18.2 Å². The number of rotatable bonds is 4. The van der Waals surface area contributed by atoms with Crippen LogP contribution in [0.3, 0.4) is 0 Å². The van der Waals surface area contributed by atoms with Crippen molar-refractivity contribution in [3.05, 3.63) is 42.0 Å². The number of nitrogens with zero attached hydrogens (tertiary/aromatic N) is 1. The van der Waals surface area contributed by atoms with Crippen molar-refractivity contribution in [1.29, 1.82) is 0 Å². The molecular formula is C14H19NO2. The number of hydrogen-bond acceptors (Lipinski definition) is 3. The van der Waals surface area contributed by atoms with Crippen molar-refractivity contribution in [2.24, 2.45) is 0 Å². The van der Waals surface area contributed by atoms with Crippen molar-refractivity contribution in [2.45, 2.75) is 18.6 Å². The highest BCUT2D eigenvalue weighted by molar-refractivity contribution is 5.48. The maximum atomic E-state index is 9.65. The van der Waals surface area contributed by atoms with Crippen LogP contribution in [0.4, 0.5) is 0 Å². The number of benzene rings is 1. The normalized spacial score (nSPS) is 25.8. The summed E-state index contributed by atoms with van der Waals surface area (Å²) in [6.45, 7) is 1.66. The van der Waals surface area contributed by atoms with Gasteiger partial charge in [-0.25, -0.2) is 0 Å². The van der Waals surface area contributed by atoms with Crippen molar-refractivity contribution in [2.75, 3.05) is 19.7 Å². The Labute approximate surface area is 102 Å². The predicted molar refractivity (Wildman–Crippen MR) is 68.5 cm³/mol. The molecule has 1 aromatic carbocycles. The van der Waals surface area contributed by atoms with E-state index in [-0.39, 0.29) is 18.8 Å². The quantitative estimate of drug-likeness (QED) is 0.819. The van der Waals surface area contributed by atoms with Crippen LogP contribution in [0.1, 0.15) is 12.0 Å². The predicted octanol–water partition coefficient (Wildman–Crippen LogP) is 1.13. The third-order valence-electron chi connectivity index (χ3n) is 3.26. The molecule has 1 aliphatic heterocycles. The second-order valence-corrected chi connectivity index (χ2v) is 4.41. The summed E-state index contributed by atoms with van der Waals surface area (Å²) in [5.74, 6) is 0. The molecular weight excluding hydrogens is 214 g/mol. The molecule has 0 aromatic heterocycles. The molecule has 0 spiro atoms. The molecule has 2 rings (SSSR count). The average molecular weight is 233 g/mol. The van der Waals surface area contributed by atoms with Gasteiger partial charge in [0.15, 0.2) is 0 Å². The Hall–Kier alpha value is -1.16. The van der Waals surface area contributed by atoms with Gasteiger partial charge in [0.25, 0.3) is 0 Å². The minimum atomic E-state index is -0.384. The molecule has 1 aliphatic rings. The van der Waals surface area contributed by atoms with Crippen LogP contribution in [0.15, 0.2) is 36.4 Å². The van der Waals surface area contributed by atoms with Crippen LogP contribution in [0, 0.1) is 0 Å². The largest absolute Gasteiger partial charge is 0.395 e. The van der Waals surface area contributed by atoms with Crippen LogP contribution in [-0.4, -0.2) is 47.0 Å². The first-order valence-corrected chi connectivity index (χ1v) is 6.06. The van der Waals surface area contributed by atoms with E-state index in [0.29, 0.717) is 0 Å². The van der Waals surface area contributed by atoms with Crippen LogP contribution in [-0.2, 0) is 0 Å². The highest BCUT2D eigenvalue weighted by Gasteiger charge is 2.30.